The molecule has 0 aliphatic heterocycles. The van der Waals surface area contributed by atoms with Crippen molar-refractivity contribution in [1.82, 2.24) is 0 Å². The molecule has 2 aromatic carbocycles. The van der Waals surface area contributed by atoms with Gasteiger partial charge in [-0.2, -0.15) is 0 Å². The molecule has 0 spiro atoms. The van der Waals surface area contributed by atoms with Gasteiger partial charge in [0.2, 0.25) is 0 Å². The van der Waals surface area contributed by atoms with Gasteiger partial charge in [-0.05, 0) is 36.8 Å². The fraction of sp³-hybridized carbons (Fsp3) is 0.0714. The van der Waals surface area contributed by atoms with E-state index in [1.807, 2.05) is 13.0 Å². The first kappa shape index (κ1) is 13.0. The first-order chi connectivity index (χ1) is 8.97. The summed E-state index contributed by atoms with van der Waals surface area (Å²) >= 11 is 0. The minimum atomic E-state index is -1.40. The third-order valence-electron chi connectivity index (χ3n) is 2.45. The highest BCUT2D eigenvalue weighted by atomic mass is 19.1. The standard InChI is InChI=1S/C14H10F2O3/c1-8-3-2-4-10(5-8)19-13-11(15)6-9(14(17)18)7-12(13)16/h2-7H,1H3,(H,17,18). The fourth-order valence-electron chi connectivity index (χ4n) is 1.58. The molecule has 0 aliphatic carbocycles. The Morgan fingerprint density at radius 2 is 1.79 bits per heavy atom. The highest BCUT2D eigenvalue weighted by Gasteiger charge is 2.16. The number of aryl methyl sites for hydroxylation is 1. The Hall–Kier alpha value is -2.43. The average Bonchev–Trinajstić information content (AvgIpc) is 2.33. The largest absolute Gasteiger partial charge is 0.478 e. The minimum absolute atomic E-state index is 0.279. The molecular weight excluding hydrogens is 254 g/mol. The van der Waals surface area contributed by atoms with E-state index in [2.05, 4.69) is 0 Å². The predicted octanol–water partition coefficient (Wildman–Crippen LogP) is 3.76. The lowest BCUT2D eigenvalue weighted by Crippen LogP contribution is -2.01. The molecule has 0 aliphatic rings. The van der Waals surface area contributed by atoms with Gasteiger partial charge in [-0.15, -0.1) is 0 Å². The second kappa shape index (κ2) is 5.06. The SMILES string of the molecule is Cc1cccc(Oc2c(F)cc(C(=O)O)cc2F)c1. The van der Waals surface area contributed by atoms with Crippen LogP contribution in [0, 0.1) is 18.6 Å². The Labute approximate surface area is 108 Å². The summed E-state index contributed by atoms with van der Waals surface area (Å²) < 4.78 is 32.4. The van der Waals surface area contributed by atoms with E-state index in [1.165, 1.54) is 0 Å². The van der Waals surface area contributed by atoms with Crippen LogP contribution in [-0.2, 0) is 0 Å². The lowest BCUT2D eigenvalue weighted by Gasteiger charge is -2.09. The van der Waals surface area contributed by atoms with Gasteiger partial charge in [0, 0.05) is 0 Å². The number of hydrogen-bond donors (Lipinski definition) is 1. The Bertz CT molecular complexity index is 615. The predicted molar refractivity (Wildman–Crippen MR) is 64.6 cm³/mol. The zero-order valence-electron chi connectivity index (χ0n) is 9.98. The number of benzene rings is 2. The molecule has 2 rings (SSSR count). The molecule has 0 saturated heterocycles. The Balaban J connectivity index is 2.38. The zero-order valence-corrected chi connectivity index (χ0v) is 9.98. The number of hydrogen-bond acceptors (Lipinski definition) is 2. The fourth-order valence-corrected chi connectivity index (χ4v) is 1.58. The van der Waals surface area contributed by atoms with E-state index >= 15 is 0 Å². The van der Waals surface area contributed by atoms with E-state index in [1.54, 1.807) is 18.2 Å². The van der Waals surface area contributed by atoms with Gasteiger partial charge in [-0.1, -0.05) is 12.1 Å². The first-order valence-electron chi connectivity index (χ1n) is 5.44. The van der Waals surface area contributed by atoms with Crippen LogP contribution >= 0.6 is 0 Å². The van der Waals surface area contributed by atoms with Crippen molar-refractivity contribution < 1.29 is 23.4 Å². The number of aromatic carboxylic acids is 1. The first-order valence-corrected chi connectivity index (χ1v) is 5.44. The maximum Gasteiger partial charge on any atom is 0.335 e. The van der Waals surface area contributed by atoms with E-state index in [0.717, 1.165) is 17.7 Å². The second-order valence-electron chi connectivity index (χ2n) is 3.99. The van der Waals surface area contributed by atoms with Crippen LogP contribution in [0.5, 0.6) is 11.5 Å². The molecule has 0 aromatic heterocycles. The summed E-state index contributed by atoms with van der Waals surface area (Å²) in [5.41, 5.74) is 0.409. The van der Waals surface area contributed by atoms with Gasteiger partial charge in [0.25, 0.3) is 0 Å². The summed E-state index contributed by atoms with van der Waals surface area (Å²) in [5, 5.41) is 8.68. The van der Waals surface area contributed by atoms with E-state index in [4.69, 9.17) is 9.84 Å². The summed E-state index contributed by atoms with van der Waals surface area (Å²) in [6.07, 6.45) is 0. The highest BCUT2D eigenvalue weighted by molar-refractivity contribution is 5.87. The maximum atomic E-state index is 13.6. The van der Waals surface area contributed by atoms with Crippen LogP contribution < -0.4 is 4.74 Å². The topological polar surface area (TPSA) is 46.5 Å². The number of rotatable bonds is 3. The van der Waals surface area contributed by atoms with Gasteiger partial charge in [0.15, 0.2) is 17.4 Å². The zero-order chi connectivity index (χ0) is 14.0. The summed E-state index contributed by atoms with van der Waals surface area (Å²) in [7, 11) is 0. The van der Waals surface area contributed by atoms with Crippen molar-refractivity contribution in [1.29, 1.82) is 0 Å². The van der Waals surface area contributed by atoms with E-state index < -0.39 is 28.9 Å². The summed E-state index contributed by atoms with van der Waals surface area (Å²) in [4.78, 5) is 10.6. The van der Waals surface area contributed by atoms with Crippen LogP contribution in [0.2, 0.25) is 0 Å². The Kier molecular flexibility index (Phi) is 3.46. The smallest absolute Gasteiger partial charge is 0.335 e. The monoisotopic (exact) mass is 264 g/mol. The lowest BCUT2D eigenvalue weighted by atomic mass is 10.2. The molecule has 98 valence electrons. The number of carbonyl (C=O) groups is 1. The van der Waals surface area contributed by atoms with Crippen molar-refractivity contribution in [2.45, 2.75) is 6.92 Å². The number of ether oxygens (including phenoxy) is 1. The molecule has 2 aromatic rings. The van der Waals surface area contributed by atoms with Crippen LogP contribution in [0.1, 0.15) is 15.9 Å². The van der Waals surface area contributed by atoms with Gasteiger partial charge in [-0.25, -0.2) is 13.6 Å². The molecule has 0 radical (unpaired) electrons. The number of carboxylic acid groups (broad SMARTS) is 1. The quantitative estimate of drug-likeness (QED) is 0.918. The molecule has 0 unspecified atom stereocenters. The van der Waals surface area contributed by atoms with Crippen molar-refractivity contribution in [3.05, 3.63) is 59.2 Å². The van der Waals surface area contributed by atoms with Crippen molar-refractivity contribution in [3.63, 3.8) is 0 Å². The molecule has 0 bridgehead atoms. The Morgan fingerprint density at radius 1 is 1.16 bits per heavy atom. The van der Waals surface area contributed by atoms with E-state index in [-0.39, 0.29) is 5.75 Å². The van der Waals surface area contributed by atoms with Gasteiger partial charge in [0.05, 0.1) is 5.56 Å². The molecule has 0 amide bonds. The summed E-state index contributed by atoms with van der Waals surface area (Å²) in [5.74, 6) is -3.85. The molecule has 0 saturated carbocycles. The van der Waals surface area contributed by atoms with Crippen LogP contribution in [0.15, 0.2) is 36.4 Å². The third-order valence-corrected chi connectivity index (χ3v) is 2.45. The second-order valence-corrected chi connectivity index (χ2v) is 3.99. The third kappa shape index (κ3) is 2.88. The molecular formula is C14H10F2O3. The van der Waals surface area contributed by atoms with Crippen LogP contribution in [0.25, 0.3) is 0 Å². The van der Waals surface area contributed by atoms with Crippen molar-refractivity contribution in [2.75, 3.05) is 0 Å². The number of carboxylic acids is 1. The van der Waals surface area contributed by atoms with Crippen LogP contribution in [-0.4, -0.2) is 11.1 Å². The molecule has 0 heterocycles. The lowest BCUT2D eigenvalue weighted by molar-refractivity contribution is 0.0695. The summed E-state index contributed by atoms with van der Waals surface area (Å²) in [6, 6.07) is 8.10. The number of halogens is 2. The molecule has 1 N–H and O–H groups in total. The van der Waals surface area contributed by atoms with Crippen molar-refractivity contribution >= 4 is 5.97 Å². The normalized spacial score (nSPS) is 10.3. The van der Waals surface area contributed by atoms with Crippen molar-refractivity contribution in [3.8, 4) is 11.5 Å². The minimum Gasteiger partial charge on any atom is -0.478 e. The van der Waals surface area contributed by atoms with Crippen LogP contribution in [0.4, 0.5) is 8.78 Å². The van der Waals surface area contributed by atoms with Gasteiger partial charge < -0.3 is 9.84 Å². The highest BCUT2D eigenvalue weighted by Crippen LogP contribution is 2.29. The molecule has 0 atom stereocenters. The molecule has 19 heavy (non-hydrogen) atoms. The van der Waals surface area contributed by atoms with Crippen LogP contribution in [0.3, 0.4) is 0 Å². The van der Waals surface area contributed by atoms with Gasteiger partial charge >= 0.3 is 5.97 Å². The average molecular weight is 264 g/mol. The van der Waals surface area contributed by atoms with Crippen molar-refractivity contribution in [2.24, 2.45) is 0 Å². The van der Waals surface area contributed by atoms with E-state index in [9.17, 15) is 13.6 Å². The molecule has 0 fully saturated rings. The maximum absolute atomic E-state index is 13.6. The molecule has 5 heteroatoms. The Morgan fingerprint density at radius 3 is 2.32 bits per heavy atom. The van der Waals surface area contributed by atoms with Gasteiger partial charge in [-0.3, -0.25) is 0 Å². The summed E-state index contributed by atoms with van der Waals surface area (Å²) in [6.45, 7) is 1.81. The molecule has 3 nitrogen and oxygen atoms in total. The van der Waals surface area contributed by atoms with Gasteiger partial charge in [0.1, 0.15) is 5.75 Å². The van der Waals surface area contributed by atoms with E-state index in [0.29, 0.717) is 0 Å².